The van der Waals surface area contributed by atoms with Gasteiger partial charge in [0.15, 0.2) is 0 Å². The number of hydrogen-bond donors (Lipinski definition) is 1. The Labute approximate surface area is 120 Å². The Bertz CT molecular complexity index is 618. The Morgan fingerprint density at radius 1 is 1.00 bits per heavy atom. The smallest absolute Gasteiger partial charge is 0.387 e. The molecule has 0 bridgehead atoms. The van der Waals surface area contributed by atoms with E-state index >= 15 is 0 Å². The summed E-state index contributed by atoms with van der Waals surface area (Å²) >= 11 is 0. The molecule has 2 aromatic rings. The van der Waals surface area contributed by atoms with Crippen LogP contribution in [0.25, 0.3) is 0 Å². The van der Waals surface area contributed by atoms with Gasteiger partial charge in [0.25, 0.3) is 0 Å². The molecule has 1 atom stereocenters. The first-order chi connectivity index (χ1) is 9.88. The second-order valence-corrected chi connectivity index (χ2v) is 4.82. The van der Waals surface area contributed by atoms with E-state index in [1.807, 2.05) is 0 Å². The first-order valence-corrected chi connectivity index (χ1v) is 6.38. The van der Waals surface area contributed by atoms with Crippen molar-refractivity contribution in [3.63, 3.8) is 0 Å². The third-order valence-electron chi connectivity index (χ3n) is 3.17. The Morgan fingerprint density at radius 3 is 2.19 bits per heavy atom. The van der Waals surface area contributed by atoms with E-state index in [0.29, 0.717) is 22.3 Å². The molecule has 0 spiro atoms. The van der Waals surface area contributed by atoms with Gasteiger partial charge in [-0.15, -0.1) is 0 Å². The van der Waals surface area contributed by atoms with Gasteiger partial charge < -0.3 is 9.84 Å². The number of aliphatic hydroxyl groups is 1. The summed E-state index contributed by atoms with van der Waals surface area (Å²) < 4.78 is 42.3. The second-order valence-electron chi connectivity index (χ2n) is 4.82. The number of rotatable bonds is 4. The van der Waals surface area contributed by atoms with E-state index in [2.05, 4.69) is 4.74 Å². The topological polar surface area (TPSA) is 29.5 Å². The number of ether oxygens (including phenoxy) is 1. The van der Waals surface area contributed by atoms with Crippen LogP contribution in [0.3, 0.4) is 0 Å². The van der Waals surface area contributed by atoms with Crippen molar-refractivity contribution < 1.29 is 23.0 Å². The molecule has 1 unspecified atom stereocenters. The van der Waals surface area contributed by atoms with E-state index in [1.165, 1.54) is 30.3 Å². The molecular weight excluding hydrogens is 281 g/mol. The molecule has 0 aliphatic carbocycles. The number of aryl methyl sites for hydroxylation is 2. The molecule has 2 aromatic carbocycles. The minimum absolute atomic E-state index is 0.0305. The molecule has 0 saturated heterocycles. The number of halogens is 3. The molecule has 112 valence electrons. The Morgan fingerprint density at radius 2 is 1.62 bits per heavy atom. The Hall–Kier alpha value is -2.01. The zero-order valence-corrected chi connectivity index (χ0v) is 11.6. The molecule has 0 aromatic heterocycles. The molecule has 0 radical (unpaired) electrons. The molecule has 2 nitrogen and oxygen atoms in total. The fraction of sp³-hybridized carbons (Fsp3) is 0.250. The lowest BCUT2D eigenvalue weighted by Crippen LogP contribution is -2.05. The van der Waals surface area contributed by atoms with Gasteiger partial charge in [0.2, 0.25) is 0 Å². The average molecular weight is 296 g/mol. The fourth-order valence-electron chi connectivity index (χ4n) is 2.19. The SMILES string of the molecule is Cc1cc(C(O)c2cccc(OC(F)F)c2)cc(C)c1F. The van der Waals surface area contributed by atoms with Crippen LogP contribution < -0.4 is 4.74 Å². The van der Waals surface area contributed by atoms with Gasteiger partial charge in [0.1, 0.15) is 17.7 Å². The molecule has 0 heterocycles. The predicted octanol–water partition coefficient (Wildman–Crippen LogP) is 4.13. The zero-order valence-electron chi connectivity index (χ0n) is 11.6. The van der Waals surface area contributed by atoms with Crippen molar-refractivity contribution in [2.75, 3.05) is 0 Å². The van der Waals surface area contributed by atoms with Crippen molar-refractivity contribution in [1.82, 2.24) is 0 Å². The Kier molecular flexibility index (Phi) is 4.53. The van der Waals surface area contributed by atoms with Gasteiger partial charge in [0, 0.05) is 0 Å². The molecule has 5 heteroatoms. The average Bonchev–Trinajstić information content (AvgIpc) is 2.43. The highest BCUT2D eigenvalue weighted by atomic mass is 19.3. The highest BCUT2D eigenvalue weighted by Gasteiger charge is 2.15. The molecule has 0 amide bonds. The molecule has 1 N–H and O–H groups in total. The Balaban J connectivity index is 2.33. The maximum Gasteiger partial charge on any atom is 0.387 e. The molecule has 0 fully saturated rings. The molecule has 0 aliphatic heterocycles. The summed E-state index contributed by atoms with van der Waals surface area (Å²) in [4.78, 5) is 0. The van der Waals surface area contributed by atoms with Crippen LogP contribution in [-0.2, 0) is 0 Å². The van der Waals surface area contributed by atoms with Gasteiger partial charge in [-0.05, 0) is 48.2 Å². The van der Waals surface area contributed by atoms with Crippen molar-refractivity contribution >= 4 is 0 Å². The summed E-state index contributed by atoms with van der Waals surface area (Å²) in [5, 5.41) is 10.3. The summed E-state index contributed by atoms with van der Waals surface area (Å²) in [5.41, 5.74) is 1.74. The van der Waals surface area contributed by atoms with Crippen molar-refractivity contribution in [1.29, 1.82) is 0 Å². The van der Waals surface area contributed by atoms with Gasteiger partial charge >= 0.3 is 6.61 Å². The third-order valence-corrected chi connectivity index (χ3v) is 3.17. The van der Waals surface area contributed by atoms with E-state index in [9.17, 15) is 18.3 Å². The number of aliphatic hydroxyl groups excluding tert-OH is 1. The lowest BCUT2D eigenvalue weighted by molar-refractivity contribution is -0.0499. The van der Waals surface area contributed by atoms with Crippen molar-refractivity contribution in [2.24, 2.45) is 0 Å². The van der Waals surface area contributed by atoms with Crippen LogP contribution in [0.1, 0.15) is 28.4 Å². The zero-order chi connectivity index (χ0) is 15.6. The number of alkyl halides is 2. The van der Waals surface area contributed by atoms with Crippen molar-refractivity contribution in [3.05, 3.63) is 64.5 Å². The lowest BCUT2D eigenvalue weighted by atomic mass is 9.97. The second kappa shape index (κ2) is 6.18. The van der Waals surface area contributed by atoms with E-state index < -0.39 is 12.7 Å². The monoisotopic (exact) mass is 296 g/mol. The summed E-state index contributed by atoms with van der Waals surface area (Å²) in [7, 11) is 0. The molecular formula is C16H15F3O2. The molecule has 2 rings (SSSR count). The van der Waals surface area contributed by atoms with E-state index in [4.69, 9.17) is 0 Å². The van der Waals surface area contributed by atoms with Gasteiger partial charge in [-0.25, -0.2) is 4.39 Å². The van der Waals surface area contributed by atoms with Crippen LogP contribution in [0.2, 0.25) is 0 Å². The van der Waals surface area contributed by atoms with Gasteiger partial charge in [0.05, 0.1) is 0 Å². The van der Waals surface area contributed by atoms with Gasteiger partial charge in [-0.3, -0.25) is 0 Å². The summed E-state index contributed by atoms with van der Waals surface area (Å²) in [6, 6.07) is 8.90. The normalized spacial score (nSPS) is 12.5. The highest BCUT2D eigenvalue weighted by Crippen LogP contribution is 2.28. The van der Waals surface area contributed by atoms with Crippen LogP contribution in [0.5, 0.6) is 5.75 Å². The van der Waals surface area contributed by atoms with Crippen molar-refractivity contribution in [2.45, 2.75) is 26.6 Å². The maximum atomic E-state index is 13.6. The quantitative estimate of drug-likeness (QED) is 0.919. The minimum atomic E-state index is -2.92. The van der Waals surface area contributed by atoms with Crippen LogP contribution in [0.15, 0.2) is 36.4 Å². The number of hydrogen-bond acceptors (Lipinski definition) is 2. The fourth-order valence-corrected chi connectivity index (χ4v) is 2.19. The minimum Gasteiger partial charge on any atom is -0.435 e. The first-order valence-electron chi connectivity index (χ1n) is 6.38. The van der Waals surface area contributed by atoms with E-state index in [0.717, 1.165) is 0 Å². The summed E-state index contributed by atoms with van der Waals surface area (Å²) in [5.74, 6) is -0.349. The summed E-state index contributed by atoms with van der Waals surface area (Å²) in [6.07, 6.45) is -1.04. The predicted molar refractivity (Wildman–Crippen MR) is 73.0 cm³/mol. The van der Waals surface area contributed by atoms with E-state index in [-0.39, 0.29) is 11.6 Å². The van der Waals surface area contributed by atoms with Gasteiger partial charge in [-0.1, -0.05) is 24.3 Å². The van der Waals surface area contributed by atoms with Crippen LogP contribution in [0.4, 0.5) is 13.2 Å². The van der Waals surface area contributed by atoms with Gasteiger partial charge in [-0.2, -0.15) is 8.78 Å². The third kappa shape index (κ3) is 3.55. The summed E-state index contributed by atoms with van der Waals surface area (Å²) in [6.45, 7) is 0.289. The van der Waals surface area contributed by atoms with Crippen LogP contribution in [-0.4, -0.2) is 11.7 Å². The molecule has 0 saturated carbocycles. The molecule has 0 aliphatic rings. The largest absolute Gasteiger partial charge is 0.435 e. The van der Waals surface area contributed by atoms with Crippen LogP contribution >= 0.6 is 0 Å². The lowest BCUT2D eigenvalue weighted by Gasteiger charge is -2.15. The molecule has 21 heavy (non-hydrogen) atoms. The first kappa shape index (κ1) is 15.4. The van der Waals surface area contributed by atoms with Crippen LogP contribution in [0, 0.1) is 19.7 Å². The van der Waals surface area contributed by atoms with E-state index in [1.54, 1.807) is 19.9 Å². The van der Waals surface area contributed by atoms with Crippen molar-refractivity contribution in [3.8, 4) is 5.75 Å². The number of benzene rings is 2. The maximum absolute atomic E-state index is 13.6. The highest BCUT2D eigenvalue weighted by molar-refractivity contribution is 5.39. The standard InChI is InChI=1S/C16H15F3O2/c1-9-6-12(7-10(2)14(9)17)15(20)11-4-3-5-13(8-11)21-16(18)19/h3-8,15-16,20H,1-2H3.